The van der Waals surface area contributed by atoms with Crippen molar-refractivity contribution < 1.29 is 0 Å². The molecule has 0 aliphatic carbocycles. The van der Waals surface area contributed by atoms with Gasteiger partial charge in [-0.15, -0.1) is 0 Å². The first kappa shape index (κ1) is 12.4. The van der Waals surface area contributed by atoms with Gasteiger partial charge in [-0.2, -0.15) is 0 Å². The first-order valence-electron chi connectivity index (χ1n) is 5.26. The van der Waals surface area contributed by atoms with Gasteiger partial charge in [-0.3, -0.25) is 9.36 Å². The van der Waals surface area contributed by atoms with E-state index in [1.807, 2.05) is 13.8 Å². The molecule has 0 unspecified atom stereocenters. The second-order valence-corrected chi connectivity index (χ2v) is 4.48. The molecule has 0 amide bonds. The van der Waals surface area contributed by atoms with Crippen LogP contribution in [0.2, 0.25) is 0 Å². The van der Waals surface area contributed by atoms with Crippen molar-refractivity contribution in [2.45, 2.75) is 39.7 Å². The predicted octanol–water partition coefficient (Wildman–Crippen LogP) is 2.43. The first-order valence-corrected chi connectivity index (χ1v) is 6.38. The molecule has 3 nitrogen and oxygen atoms in total. The second-order valence-electron chi connectivity index (χ2n) is 3.68. The quantitative estimate of drug-likeness (QED) is 0.610. The van der Waals surface area contributed by atoms with Gasteiger partial charge in [-0.1, -0.05) is 22.4 Å². The minimum atomic E-state index is 0.0684. The Morgan fingerprint density at radius 3 is 2.67 bits per heavy atom. The van der Waals surface area contributed by atoms with E-state index in [0.29, 0.717) is 0 Å². The van der Waals surface area contributed by atoms with Crippen LogP contribution in [0.25, 0.3) is 0 Å². The number of aromatic nitrogens is 2. The highest BCUT2D eigenvalue weighted by atomic mass is 79.9. The van der Waals surface area contributed by atoms with E-state index in [0.717, 1.165) is 42.7 Å². The van der Waals surface area contributed by atoms with Crippen molar-refractivity contribution in [2.24, 2.45) is 0 Å². The summed E-state index contributed by atoms with van der Waals surface area (Å²) in [4.78, 5) is 15.9. The normalized spacial score (nSPS) is 10.6. The molecule has 0 radical (unpaired) electrons. The molecular formula is C11H17BrN2O. The lowest BCUT2D eigenvalue weighted by Gasteiger charge is -2.08. The maximum absolute atomic E-state index is 11.6. The van der Waals surface area contributed by atoms with E-state index < -0.39 is 0 Å². The van der Waals surface area contributed by atoms with Gasteiger partial charge in [0.25, 0.3) is 5.56 Å². The summed E-state index contributed by atoms with van der Waals surface area (Å²) in [7, 11) is 0. The van der Waals surface area contributed by atoms with E-state index in [9.17, 15) is 4.79 Å². The smallest absolute Gasteiger partial charge is 0.253 e. The Morgan fingerprint density at radius 2 is 2.07 bits per heavy atom. The number of halogens is 1. The molecule has 1 rings (SSSR count). The SMILES string of the molecule is Cc1cc(=O)n(CCCCCBr)c(C)n1. The molecule has 4 heteroatoms. The van der Waals surface area contributed by atoms with Crippen LogP contribution in [-0.4, -0.2) is 14.9 Å². The van der Waals surface area contributed by atoms with E-state index in [2.05, 4.69) is 20.9 Å². The zero-order chi connectivity index (χ0) is 11.3. The zero-order valence-corrected chi connectivity index (χ0v) is 10.9. The molecule has 84 valence electrons. The van der Waals surface area contributed by atoms with E-state index in [-0.39, 0.29) is 5.56 Å². The van der Waals surface area contributed by atoms with Gasteiger partial charge in [0.2, 0.25) is 0 Å². The maximum Gasteiger partial charge on any atom is 0.253 e. The lowest BCUT2D eigenvalue weighted by Crippen LogP contribution is -2.23. The van der Waals surface area contributed by atoms with Crippen LogP contribution in [0.5, 0.6) is 0 Å². The molecule has 0 saturated carbocycles. The van der Waals surface area contributed by atoms with Gasteiger partial charge in [0.1, 0.15) is 5.82 Å². The first-order chi connectivity index (χ1) is 7.15. The number of nitrogens with zero attached hydrogens (tertiary/aromatic N) is 2. The van der Waals surface area contributed by atoms with Gasteiger partial charge in [0, 0.05) is 23.6 Å². The molecule has 0 aromatic carbocycles. The highest BCUT2D eigenvalue weighted by molar-refractivity contribution is 9.09. The summed E-state index contributed by atoms with van der Waals surface area (Å²) in [6, 6.07) is 1.59. The number of unbranched alkanes of at least 4 members (excludes halogenated alkanes) is 2. The van der Waals surface area contributed by atoms with Crippen molar-refractivity contribution >= 4 is 15.9 Å². The molecule has 15 heavy (non-hydrogen) atoms. The van der Waals surface area contributed by atoms with Gasteiger partial charge in [-0.05, 0) is 26.7 Å². The molecule has 0 saturated heterocycles. The van der Waals surface area contributed by atoms with E-state index >= 15 is 0 Å². The van der Waals surface area contributed by atoms with Crippen LogP contribution in [-0.2, 0) is 6.54 Å². The van der Waals surface area contributed by atoms with Gasteiger partial charge >= 0.3 is 0 Å². The van der Waals surface area contributed by atoms with Crippen molar-refractivity contribution in [3.63, 3.8) is 0 Å². The maximum atomic E-state index is 11.6. The summed E-state index contributed by atoms with van der Waals surface area (Å²) >= 11 is 3.39. The van der Waals surface area contributed by atoms with Crippen LogP contribution in [0.15, 0.2) is 10.9 Å². The molecule has 1 aromatic rings. The third-order valence-electron chi connectivity index (χ3n) is 2.34. The number of aryl methyl sites for hydroxylation is 2. The van der Waals surface area contributed by atoms with Crippen molar-refractivity contribution in [1.82, 2.24) is 9.55 Å². The minimum Gasteiger partial charge on any atom is -0.297 e. The van der Waals surface area contributed by atoms with Crippen LogP contribution in [0.4, 0.5) is 0 Å². The molecule has 0 aliphatic rings. The fraction of sp³-hybridized carbons (Fsp3) is 0.636. The number of alkyl halides is 1. The molecule has 0 N–H and O–H groups in total. The summed E-state index contributed by atoms with van der Waals surface area (Å²) in [5.41, 5.74) is 0.869. The number of hydrogen-bond donors (Lipinski definition) is 0. The van der Waals surface area contributed by atoms with Crippen LogP contribution < -0.4 is 5.56 Å². The standard InChI is InChI=1S/C11H17BrN2O/c1-9-8-11(15)14(10(2)13-9)7-5-3-4-6-12/h8H,3-7H2,1-2H3. The molecule has 0 spiro atoms. The average Bonchev–Trinajstić information content (AvgIpc) is 2.15. The summed E-state index contributed by atoms with van der Waals surface area (Å²) < 4.78 is 1.75. The Kier molecular flexibility index (Phi) is 5.02. The fourth-order valence-corrected chi connectivity index (χ4v) is 1.97. The van der Waals surface area contributed by atoms with E-state index in [1.165, 1.54) is 0 Å². The highest BCUT2D eigenvalue weighted by Gasteiger charge is 2.01. The Labute approximate surface area is 98.7 Å². The summed E-state index contributed by atoms with van der Waals surface area (Å²) in [5, 5.41) is 1.03. The van der Waals surface area contributed by atoms with Gasteiger partial charge in [0.15, 0.2) is 0 Å². The van der Waals surface area contributed by atoms with Crippen molar-refractivity contribution in [1.29, 1.82) is 0 Å². The average molecular weight is 273 g/mol. The van der Waals surface area contributed by atoms with Crippen LogP contribution in [0.3, 0.4) is 0 Å². The molecule has 1 heterocycles. The second kappa shape index (κ2) is 6.05. The van der Waals surface area contributed by atoms with Crippen molar-refractivity contribution in [2.75, 3.05) is 5.33 Å². The minimum absolute atomic E-state index is 0.0684. The van der Waals surface area contributed by atoms with Crippen LogP contribution in [0, 0.1) is 13.8 Å². The molecular weight excluding hydrogens is 256 g/mol. The Balaban J connectivity index is 2.65. The number of rotatable bonds is 5. The lowest BCUT2D eigenvalue weighted by molar-refractivity contribution is 0.565. The summed E-state index contributed by atoms with van der Waals surface area (Å²) in [6.45, 7) is 4.52. The van der Waals surface area contributed by atoms with Crippen LogP contribution >= 0.6 is 15.9 Å². The number of hydrogen-bond acceptors (Lipinski definition) is 2. The van der Waals surface area contributed by atoms with Crippen molar-refractivity contribution in [3.8, 4) is 0 Å². The van der Waals surface area contributed by atoms with Crippen LogP contribution in [0.1, 0.15) is 30.8 Å². The largest absolute Gasteiger partial charge is 0.297 e. The molecule has 1 aromatic heterocycles. The molecule has 0 fully saturated rings. The van der Waals surface area contributed by atoms with Gasteiger partial charge in [-0.25, -0.2) is 4.98 Å². The Hall–Kier alpha value is -0.640. The predicted molar refractivity (Wildman–Crippen MR) is 65.6 cm³/mol. The van der Waals surface area contributed by atoms with E-state index in [4.69, 9.17) is 0 Å². The van der Waals surface area contributed by atoms with Gasteiger partial charge in [0.05, 0.1) is 0 Å². The molecule has 0 bridgehead atoms. The Morgan fingerprint density at radius 1 is 1.33 bits per heavy atom. The topological polar surface area (TPSA) is 34.9 Å². The Bertz CT molecular complexity index is 373. The molecule has 0 atom stereocenters. The summed E-state index contributed by atoms with van der Waals surface area (Å²) in [6.07, 6.45) is 3.34. The third-order valence-corrected chi connectivity index (χ3v) is 2.90. The third kappa shape index (κ3) is 3.78. The van der Waals surface area contributed by atoms with E-state index in [1.54, 1.807) is 10.6 Å². The fourth-order valence-electron chi connectivity index (χ4n) is 1.58. The van der Waals surface area contributed by atoms with Crippen molar-refractivity contribution in [3.05, 3.63) is 27.9 Å². The molecule has 0 aliphatic heterocycles. The summed E-state index contributed by atoms with van der Waals surface area (Å²) in [5.74, 6) is 0.818. The monoisotopic (exact) mass is 272 g/mol. The highest BCUT2D eigenvalue weighted by Crippen LogP contribution is 2.01. The lowest BCUT2D eigenvalue weighted by atomic mass is 10.2. The zero-order valence-electron chi connectivity index (χ0n) is 9.29. The van der Waals surface area contributed by atoms with Gasteiger partial charge < -0.3 is 0 Å².